The molecule has 0 fully saturated rings. The summed E-state index contributed by atoms with van der Waals surface area (Å²) in [6.07, 6.45) is 0.188. The molecule has 0 saturated heterocycles. The predicted molar refractivity (Wildman–Crippen MR) is 186 cm³/mol. The summed E-state index contributed by atoms with van der Waals surface area (Å²) in [5, 5.41) is 3.88. The van der Waals surface area contributed by atoms with Crippen LogP contribution in [0.4, 0.5) is 5.69 Å². The van der Waals surface area contributed by atoms with Gasteiger partial charge in [-0.25, -0.2) is 8.42 Å². The number of nitrogens with zero attached hydrogens (tertiary/aromatic N) is 2. The Kier molecular flexibility index (Phi) is 11.8. The number of benzene rings is 4. The minimum Gasteiger partial charge on any atom is -0.352 e. The second kappa shape index (κ2) is 15.4. The van der Waals surface area contributed by atoms with E-state index in [4.69, 9.17) is 34.8 Å². The molecular weight excluding hydrogens is 665 g/mol. The lowest BCUT2D eigenvalue weighted by Gasteiger charge is -2.34. The van der Waals surface area contributed by atoms with Crippen LogP contribution in [-0.2, 0) is 32.6 Å². The Hall–Kier alpha value is -3.56. The first-order valence-electron chi connectivity index (χ1n) is 14.7. The lowest BCUT2D eigenvalue weighted by atomic mass is 10.0. The highest BCUT2D eigenvalue weighted by molar-refractivity contribution is 7.92. The van der Waals surface area contributed by atoms with E-state index in [1.807, 2.05) is 51.1 Å². The highest BCUT2D eigenvalue weighted by Gasteiger charge is 2.35. The molecule has 0 radical (unpaired) electrons. The van der Waals surface area contributed by atoms with E-state index in [1.54, 1.807) is 49.4 Å². The van der Waals surface area contributed by atoms with Crippen LogP contribution in [-0.4, -0.2) is 43.8 Å². The second-order valence-corrected chi connectivity index (χ2v) is 14.5. The number of hydrogen-bond donors (Lipinski definition) is 1. The second-order valence-electron chi connectivity index (χ2n) is 11.4. The minimum atomic E-state index is -4.26. The molecule has 0 unspecified atom stereocenters. The topological polar surface area (TPSA) is 86.8 Å². The van der Waals surface area contributed by atoms with Gasteiger partial charge < -0.3 is 10.2 Å². The molecule has 4 aromatic carbocycles. The molecule has 242 valence electrons. The van der Waals surface area contributed by atoms with E-state index in [-0.39, 0.29) is 40.5 Å². The Balaban J connectivity index is 1.85. The highest BCUT2D eigenvalue weighted by Crippen LogP contribution is 2.31. The zero-order chi connectivity index (χ0) is 33.6. The van der Waals surface area contributed by atoms with Gasteiger partial charge in [-0.05, 0) is 80.8 Å². The maximum absolute atomic E-state index is 14.6. The fraction of sp³-hybridized carbons (Fsp3) is 0.257. The summed E-state index contributed by atoms with van der Waals surface area (Å²) in [6.45, 7) is 6.63. The van der Waals surface area contributed by atoms with Crippen LogP contribution in [0, 0.1) is 13.8 Å². The first-order chi connectivity index (χ1) is 21.8. The van der Waals surface area contributed by atoms with Gasteiger partial charge in [-0.3, -0.25) is 13.9 Å². The fourth-order valence-electron chi connectivity index (χ4n) is 4.97. The number of sulfonamides is 1. The van der Waals surface area contributed by atoms with E-state index < -0.39 is 28.5 Å². The van der Waals surface area contributed by atoms with Gasteiger partial charge in [0.15, 0.2) is 0 Å². The molecule has 4 aromatic rings. The number of nitrogens with one attached hydrogen (secondary N) is 1. The summed E-state index contributed by atoms with van der Waals surface area (Å²) in [7, 11) is -4.26. The van der Waals surface area contributed by atoms with Gasteiger partial charge in [-0.15, -0.1) is 0 Å². The van der Waals surface area contributed by atoms with Gasteiger partial charge in [0.2, 0.25) is 11.8 Å². The first-order valence-corrected chi connectivity index (χ1v) is 17.3. The number of aryl methyl sites for hydroxylation is 2. The van der Waals surface area contributed by atoms with Crippen molar-refractivity contribution in [3.8, 4) is 0 Å². The SMILES string of the molecule is Cc1ccc(S(=O)(=O)N(CC(=O)N(Cc2ccc(Cl)c(Cl)c2)[C@H](Cc2ccccc2)C(=O)NC(C)C)c2cc(Cl)ccc2C)cc1. The molecule has 0 bridgehead atoms. The quantitative estimate of drug-likeness (QED) is 0.165. The van der Waals surface area contributed by atoms with E-state index in [0.29, 0.717) is 21.2 Å². The monoisotopic (exact) mass is 699 g/mol. The normalized spacial score (nSPS) is 12.1. The summed E-state index contributed by atoms with van der Waals surface area (Å²) in [5.74, 6) is -0.972. The molecule has 0 aliphatic carbocycles. The van der Waals surface area contributed by atoms with E-state index >= 15 is 0 Å². The number of carbonyl (C=O) groups is 2. The third-order valence-electron chi connectivity index (χ3n) is 7.37. The molecule has 0 aromatic heterocycles. The lowest BCUT2D eigenvalue weighted by Crippen LogP contribution is -2.54. The van der Waals surface area contributed by atoms with Crippen molar-refractivity contribution in [3.63, 3.8) is 0 Å². The summed E-state index contributed by atoms with van der Waals surface area (Å²) in [6, 6.07) is 24.4. The van der Waals surface area contributed by atoms with Gasteiger partial charge in [0, 0.05) is 24.0 Å². The van der Waals surface area contributed by atoms with Gasteiger partial charge in [-0.2, -0.15) is 0 Å². The summed E-state index contributed by atoms with van der Waals surface area (Å²) < 4.78 is 29.6. The number of halogens is 3. The maximum atomic E-state index is 14.6. The van der Waals surface area contributed by atoms with Crippen LogP contribution in [0.2, 0.25) is 15.1 Å². The van der Waals surface area contributed by atoms with E-state index in [1.165, 1.54) is 23.1 Å². The molecule has 0 saturated carbocycles. The van der Waals surface area contributed by atoms with Crippen LogP contribution in [0.5, 0.6) is 0 Å². The average molecular weight is 701 g/mol. The van der Waals surface area contributed by atoms with Crippen molar-refractivity contribution in [2.24, 2.45) is 0 Å². The van der Waals surface area contributed by atoms with Crippen LogP contribution in [0.1, 0.15) is 36.1 Å². The van der Waals surface area contributed by atoms with Crippen LogP contribution < -0.4 is 9.62 Å². The van der Waals surface area contributed by atoms with Crippen molar-refractivity contribution in [1.82, 2.24) is 10.2 Å². The standard InChI is InChI=1S/C35H36Cl3N3O4S/c1-23(2)39-35(43)33(19-26-8-6-5-7-9-26)40(21-27-13-17-30(37)31(38)18-27)34(42)22-41(32-20-28(36)14-12-25(32)4)46(44,45)29-15-10-24(3)11-16-29/h5-18,20,23,33H,19,21-22H2,1-4H3,(H,39,43)/t33-/m1/s1. The first kappa shape index (κ1) is 35.3. The van der Waals surface area contributed by atoms with Gasteiger partial charge in [0.25, 0.3) is 10.0 Å². The summed E-state index contributed by atoms with van der Waals surface area (Å²) in [4.78, 5) is 29.8. The van der Waals surface area contributed by atoms with Crippen molar-refractivity contribution in [2.45, 2.75) is 57.6 Å². The zero-order valence-corrected chi connectivity index (χ0v) is 29.1. The average Bonchev–Trinajstić information content (AvgIpc) is 3.01. The molecule has 2 amide bonds. The lowest BCUT2D eigenvalue weighted by molar-refractivity contribution is -0.140. The van der Waals surface area contributed by atoms with Gasteiger partial charge in [-0.1, -0.05) is 95.0 Å². The van der Waals surface area contributed by atoms with E-state index in [2.05, 4.69) is 5.32 Å². The Labute approximate surface area is 286 Å². The van der Waals surface area contributed by atoms with Crippen molar-refractivity contribution in [1.29, 1.82) is 0 Å². The van der Waals surface area contributed by atoms with Gasteiger partial charge in [0.05, 0.1) is 20.6 Å². The van der Waals surface area contributed by atoms with Crippen LogP contribution >= 0.6 is 34.8 Å². The maximum Gasteiger partial charge on any atom is 0.264 e. The van der Waals surface area contributed by atoms with Crippen molar-refractivity contribution < 1.29 is 18.0 Å². The number of carbonyl (C=O) groups excluding carboxylic acids is 2. The Bertz CT molecular complexity index is 1800. The smallest absolute Gasteiger partial charge is 0.264 e. The molecule has 7 nitrogen and oxygen atoms in total. The van der Waals surface area contributed by atoms with E-state index in [9.17, 15) is 18.0 Å². The largest absolute Gasteiger partial charge is 0.352 e. The van der Waals surface area contributed by atoms with Gasteiger partial charge >= 0.3 is 0 Å². The van der Waals surface area contributed by atoms with Crippen molar-refractivity contribution in [2.75, 3.05) is 10.8 Å². The Morgan fingerprint density at radius 3 is 2.11 bits per heavy atom. The summed E-state index contributed by atoms with van der Waals surface area (Å²) in [5.41, 5.74) is 3.18. The molecule has 1 atom stereocenters. The third-order valence-corrected chi connectivity index (χ3v) is 10.1. The number of rotatable bonds is 12. The Morgan fingerprint density at radius 2 is 1.48 bits per heavy atom. The third kappa shape index (κ3) is 8.82. The minimum absolute atomic E-state index is 0.0136. The van der Waals surface area contributed by atoms with Crippen LogP contribution in [0.3, 0.4) is 0 Å². The zero-order valence-electron chi connectivity index (χ0n) is 26.0. The van der Waals surface area contributed by atoms with Crippen molar-refractivity contribution in [3.05, 3.63) is 128 Å². The molecular formula is C35H36Cl3N3O4S. The predicted octanol–water partition coefficient (Wildman–Crippen LogP) is 7.62. The van der Waals surface area contributed by atoms with E-state index in [0.717, 1.165) is 15.4 Å². The Morgan fingerprint density at radius 1 is 0.804 bits per heavy atom. The number of anilines is 1. The number of hydrogen-bond acceptors (Lipinski definition) is 4. The highest BCUT2D eigenvalue weighted by atomic mass is 35.5. The fourth-order valence-corrected chi connectivity index (χ4v) is 6.93. The molecule has 11 heteroatoms. The van der Waals surface area contributed by atoms with Crippen LogP contribution in [0.15, 0.2) is 95.9 Å². The van der Waals surface area contributed by atoms with Gasteiger partial charge in [0.1, 0.15) is 12.6 Å². The number of amides is 2. The summed E-state index contributed by atoms with van der Waals surface area (Å²) >= 11 is 18.9. The molecule has 0 spiro atoms. The van der Waals surface area contributed by atoms with Crippen LogP contribution in [0.25, 0.3) is 0 Å². The molecule has 1 N–H and O–H groups in total. The molecule has 46 heavy (non-hydrogen) atoms. The molecule has 0 aliphatic rings. The molecule has 0 aliphatic heterocycles. The molecule has 0 heterocycles. The molecule has 4 rings (SSSR count). The van der Waals surface area contributed by atoms with Crippen molar-refractivity contribution >= 4 is 62.3 Å².